The van der Waals surface area contributed by atoms with Gasteiger partial charge < -0.3 is 16.4 Å². The van der Waals surface area contributed by atoms with Crippen molar-refractivity contribution in [2.45, 2.75) is 26.4 Å². The molecule has 11 heteroatoms. The Balaban J connectivity index is 1.83. The van der Waals surface area contributed by atoms with Gasteiger partial charge in [0.05, 0.1) is 0 Å². The van der Waals surface area contributed by atoms with Crippen LogP contribution in [0.25, 0.3) is 5.78 Å². The van der Waals surface area contributed by atoms with E-state index in [1.54, 1.807) is 19.1 Å². The number of nitrogens with two attached hydrogens (primary N) is 1. The van der Waals surface area contributed by atoms with Gasteiger partial charge in [-0.3, -0.25) is 14.4 Å². The first-order chi connectivity index (χ1) is 13.8. The van der Waals surface area contributed by atoms with E-state index in [0.29, 0.717) is 11.1 Å². The molecular weight excluding hydrogens is 381 g/mol. The van der Waals surface area contributed by atoms with E-state index in [9.17, 15) is 18.8 Å². The molecule has 0 saturated heterocycles. The number of hydrogen-bond acceptors (Lipinski definition) is 6. The molecule has 1 aromatic carbocycles. The van der Waals surface area contributed by atoms with Gasteiger partial charge in [0.25, 0.3) is 17.6 Å². The maximum atomic E-state index is 13.4. The molecule has 0 saturated carbocycles. The molecule has 0 aliphatic rings. The molecule has 3 rings (SSSR count). The van der Waals surface area contributed by atoms with Crippen LogP contribution in [0.5, 0.6) is 0 Å². The van der Waals surface area contributed by atoms with Gasteiger partial charge in [-0.15, -0.1) is 0 Å². The van der Waals surface area contributed by atoms with Gasteiger partial charge in [-0.2, -0.15) is 14.6 Å². The minimum atomic E-state index is -0.923. The molecule has 10 nitrogen and oxygen atoms in total. The second kappa shape index (κ2) is 8.00. The van der Waals surface area contributed by atoms with Crippen molar-refractivity contribution in [2.24, 2.45) is 5.73 Å². The first-order valence-corrected chi connectivity index (χ1v) is 8.60. The summed E-state index contributed by atoms with van der Waals surface area (Å²) >= 11 is 0. The summed E-state index contributed by atoms with van der Waals surface area (Å²) in [6, 6.07) is 4.81. The molecule has 0 unspecified atom stereocenters. The molecule has 29 heavy (non-hydrogen) atoms. The van der Waals surface area contributed by atoms with E-state index in [4.69, 9.17) is 5.73 Å². The minimum Gasteiger partial charge on any atom is -0.368 e. The molecule has 0 fully saturated rings. The Hall–Kier alpha value is -3.89. The zero-order valence-electron chi connectivity index (χ0n) is 15.6. The minimum absolute atomic E-state index is 0.0344. The van der Waals surface area contributed by atoms with Gasteiger partial charge in [-0.25, -0.2) is 9.37 Å². The normalized spacial score (nSPS) is 11.8. The summed E-state index contributed by atoms with van der Waals surface area (Å²) in [6.07, 6.45) is 1.18. The molecule has 2 aromatic heterocycles. The number of hydrogen-bond donors (Lipinski definition) is 3. The highest BCUT2D eigenvalue weighted by Gasteiger charge is 2.21. The first kappa shape index (κ1) is 19.9. The van der Waals surface area contributed by atoms with Crippen LogP contribution in [0.3, 0.4) is 0 Å². The average Bonchev–Trinajstić information content (AvgIpc) is 3.16. The molecule has 1 atom stereocenters. The van der Waals surface area contributed by atoms with Crippen molar-refractivity contribution in [3.63, 3.8) is 0 Å². The topological polar surface area (TPSA) is 144 Å². The van der Waals surface area contributed by atoms with Crippen LogP contribution in [-0.2, 0) is 11.3 Å². The predicted octanol–water partition coefficient (Wildman–Crippen LogP) is 0.105. The molecule has 0 bridgehead atoms. The summed E-state index contributed by atoms with van der Waals surface area (Å²) in [7, 11) is 0. The number of nitrogens with zero attached hydrogens (tertiary/aromatic N) is 4. The lowest BCUT2D eigenvalue weighted by Gasteiger charge is -2.12. The van der Waals surface area contributed by atoms with Crippen LogP contribution in [-0.4, -0.2) is 43.3 Å². The largest absolute Gasteiger partial charge is 0.368 e. The Bertz CT molecular complexity index is 1110. The van der Waals surface area contributed by atoms with E-state index in [-0.39, 0.29) is 29.5 Å². The second-order valence-corrected chi connectivity index (χ2v) is 6.36. The molecule has 3 amide bonds. The standard InChI is InChI=1S/C18H18FN7O3/c1-9-5-11(3-4-12(9)19)7-21-16(28)13-6-14(17(29)24-10(2)15(20)27)26-18(25-13)22-8-23-26/h3-6,8,10H,7H2,1-2H3,(H2,20,27)(H,21,28)(H,24,29)/t10-/m1/s1. The Morgan fingerprint density at radius 2 is 2.00 bits per heavy atom. The lowest BCUT2D eigenvalue weighted by atomic mass is 10.1. The molecule has 0 aliphatic heterocycles. The van der Waals surface area contributed by atoms with Gasteiger partial charge in [-0.05, 0) is 31.0 Å². The number of aryl methyl sites for hydroxylation is 1. The number of fused-ring (bicyclic) bond motifs is 1. The molecule has 0 spiro atoms. The quantitative estimate of drug-likeness (QED) is 0.536. The Kier molecular flexibility index (Phi) is 5.48. The van der Waals surface area contributed by atoms with Crippen LogP contribution in [0.1, 0.15) is 39.0 Å². The summed E-state index contributed by atoms with van der Waals surface area (Å²) < 4.78 is 14.5. The molecule has 150 valence electrons. The number of benzene rings is 1. The van der Waals surface area contributed by atoms with E-state index in [1.165, 1.54) is 25.4 Å². The molecule has 2 heterocycles. The van der Waals surface area contributed by atoms with E-state index in [1.807, 2.05) is 0 Å². The van der Waals surface area contributed by atoms with Gasteiger partial charge in [0, 0.05) is 12.6 Å². The fourth-order valence-corrected chi connectivity index (χ4v) is 2.52. The Morgan fingerprint density at radius 1 is 1.24 bits per heavy atom. The molecule has 0 radical (unpaired) electrons. The van der Waals surface area contributed by atoms with Crippen LogP contribution in [0.2, 0.25) is 0 Å². The SMILES string of the molecule is Cc1cc(CNC(=O)c2cc(C(=O)N[C@H](C)C(N)=O)n3ncnc3n2)ccc1F. The third-order valence-electron chi connectivity index (χ3n) is 4.17. The van der Waals surface area contributed by atoms with Crippen LogP contribution >= 0.6 is 0 Å². The average molecular weight is 399 g/mol. The third kappa shape index (κ3) is 4.34. The summed E-state index contributed by atoms with van der Waals surface area (Å²) in [5.41, 5.74) is 6.22. The first-order valence-electron chi connectivity index (χ1n) is 8.60. The molecule has 3 aromatic rings. The zero-order chi connectivity index (χ0) is 21.1. The van der Waals surface area contributed by atoms with Crippen LogP contribution in [0, 0.1) is 12.7 Å². The fourth-order valence-electron chi connectivity index (χ4n) is 2.52. The van der Waals surface area contributed by atoms with E-state index in [2.05, 4.69) is 25.7 Å². The number of nitrogens with one attached hydrogen (secondary N) is 2. The van der Waals surface area contributed by atoms with E-state index in [0.717, 1.165) is 4.52 Å². The number of aromatic nitrogens is 4. The van der Waals surface area contributed by atoms with Crippen molar-refractivity contribution in [2.75, 3.05) is 0 Å². The number of amides is 3. The molecular formula is C18H18FN7O3. The van der Waals surface area contributed by atoms with Crippen LogP contribution in [0.4, 0.5) is 4.39 Å². The fraction of sp³-hybridized carbons (Fsp3) is 0.222. The number of rotatable bonds is 6. The zero-order valence-corrected chi connectivity index (χ0v) is 15.6. The van der Waals surface area contributed by atoms with Gasteiger partial charge in [0.2, 0.25) is 5.91 Å². The van der Waals surface area contributed by atoms with Crippen molar-refractivity contribution >= 4 is 23.5 Å². The maximum absolute atomic E-state index is 13.4. The van der Waals surface area contributed by atoms with Gasteiger partial charge in [0.1, 0.15) is 29.6 Å². The van der Waals surface area contributed by atoms with Crippen molar-refractivity contribution in [1.82, 2.24) is 30.2 Å². The Morgan fingerprint density at radius 3 is 2.69 bits per heavy atom. The predicted molar refractivity (Wildman–Crippen MR) is 99.2 cm³/mol. The number of carbonyl (C=O) groups is 3. The van der Waals surface area contributed by atoms with E-state index < -0.39 is 23.8 Å². The van der Waals surface area contributed by atoms with Crippen molar-refractivity contribution in [3.8, 4) is 0 Å². The van der Waals surface area contributed by atoms with Gasteiger partial charge in [-0.1, -0.05) is 12.1 Å². The van der Waals surface area contributed by atoms with Crippen molar-refractivity contribution in [3.05, 3.63) is 58.9 Å². The monoisotopic (exact) mass is 399 g/mol. The second-order valence-electron chi connectivity index (χ2n) is 6.36. The summed E-state index contributed by atoms with van der Waals surface area (Å²) in [5.74, 6) is -2.24. The number of primary amides is 1. The molecule has 0 aliphatic carbocycles. The third-order valence-corrected chi connectivity index (χ3v) is 4.17. The maximum Gasteiger partial charge on any atom is 0.270 e. The smallest absolute Gasteiger partial charge is 0.270 e. The van der Waals surface area contributed by atoms with Gasteiger partial charge >= 0.3 is 0 Å². The molecule has 4 N–H and O–H groups in total. The van der Waals surface area contributed by atoms with Gasteiger partial charge in [0.15, 0.2) is 0 Å². The van der Waals surface area contributed by atoms with Crippen molar-refractivity contribution in [1.29, 1.82) is 0 Å². The number of halogens is 1. The highest BCUT2D eigenvalue weighted by molar-refractivity contribution is 5.99. The number of carbonyl (C=O) groups excluding carboxylic acids is 3. The summed E-state index contributed by atoms with van der Waals surface area (Å²) in [4.78, 5) is 44.2. The van der Waals surface area contributed by atoms with Crippen LogP contribution < -0.4 is 16.4 Å². The Labute approximate surface area is 164 Å². The van der Waals surface area contributed by atoms with Crippen LogP contribution in [0.15, 0.2) is 30.6 Å². The highest BCUT2D eigenvalue weighted by Crippen LogP contribution is 2.10. The highest BCUT2D eigenvalue weighted by atomic mass is 19.1. The lowest BCUT2D eigenvalue weighted by Crippen LogP contribution is -2.42. The van der Waals surface area contributed by atoms with E-state index >= 15 is 0 Å². The summed E-state index contributed by atoms with van der Waals surface area (Å²) in [5, 5.41) is 8.98. The lowest BCUT2D eigenvalue weighted by molar-refractivity contribution is -0.119. The van der Waals surface area contributed by atoms with Crippen molar-refractivity contribution < 1.29 is 18.8 Å². The summed E-state index contributed by atoms with van der Waals surface area (Å²) in [6.45, 7) is 3.19.